The first-order chi connectivity index (χ1) is 10.6. The minimum Gasteiger partial charge on any atom is -0.506 e. The molecule has 1 amide bonds. The molecule has 0 atom stereocenters. The van der Waals surface area contributed by atoms with Crippen LogP contribution in [0.3, 0.4) is 0 Å². The standard InChI is InChI=1S/C16H16N2O3S/c1-11-6-2-5-9-14(11)21-10-15(20)18-16(22)17-12-7-3-4-8-13(12)19/h2-9,19H,10H2,1H3,(H2,17,18,20,22). The second kappa shape index (κ2) is 7.42. The Bertz CT molecular complexity index is 689. The number of ether oxygens (including phenoxy) is 1. The van der Waals surface area contributed by atoms with Gasteiger partial charge >= 0.3 is 0 Å². The summed E-state index contributed by atoms with van der Waals surface area (Å²) in [7, 11) is 0. The van der Waals surface area contributed by atoms with Crippen LogP contribution in [0.5, 0.6) is 11.5 Å². The number of amides is 1. The Morgan fingerprint density at radius 3 is 2.59 bits per heavy atom. The molecule has 0 heterocycles. The molecule has 0 aliphatic carbocycles. The van der Waals surface area contributed by atoms with Gasteiger partial charge in [0, 0.05) is 0 Å². The van der Waals surface area contributed by atoms with Crippen LogP contribution in [0.15, 0.2) is 48.5 Å². The number of carbonyl (C=O) groups is 1. The van der Waals surface area contributed by atoms with Gasteiger partial charge in [-0.3, -0.25) is 10.1 Å². The summed E-state index contributed by atoms with van der Waals surface area (Å²) in [4.78, 5) is 11.8. The van der Waals surface area contributed by atoms with Crippen molar-refractivity contribution in [3.63, 3.8) is 0 Å². The molecule has 0 aromatic heterocycles. The van der Waals surface area contributed by atoms with Gasteiger partial charge in [-0.1, -0.05) is 30.3 Å². The highest BCUT2D eigenvalue weighted by Crippen LogP contribution is 2.21. The van der Waals surface area contributed by atoms with Crippen molar-refractivity contribution in [2.24, 2.45) is 0 Å². The van der Waals surface area contributed by atoms with Gasteiger partial charge in [0.15, 0.2) is 11.7 Å². The summed E-state index contributed by atoms with van der Waals surface area (Å²) in [6.07, 6.45) is 0. The molecule has 0 bridgehead atoms. The summed E-state index contributed by atoms with van der Waals surface area (Å²) in [5.41, 5.74) is 1.37. The molecule has 0 aliphatic heterocycles. The van der Waals surface area contributed by atoms with Crippen LogP contribution >= 0.6 is 12.2 Å². The summed E-state index contributed by atoms with van der Waals surface area (Å²) >= 11 is 5.02. The molecule has 2 aromatic carbocycles. The third kappa shape index (κ3) is 4.46. The first-order valence-electron chi connectivity index (χ1n) is 6.63. The van der Waals surface area contributed by atoms with E-state index >= 15 is 0 Å². The lowest BCUT2D eigenvalue weighted by Crippen LogP contribution is -2.37. The normalized spacial score (nSPS) is 9.86. The van der Waals surface area contributed by atoms with Crippen LogP contribution in [-0.4, -0.2) is 22.7 Å². The van der Waals surface area contributed by atoms with Gasteiger partial charge in [-0.25, -0.2) is 0 Å². The molecule has 6 heteroatoms. The number of benzene rings is 2. The van der Waals surface area contributed by atoms with E-state index in [1.165, 1.54) is 6.07 Å². The van der Waals surface area contributed by atoms with E-state index in [9.17, 15) is 9.90 Å². The van der Waals surface area contributed by atoms with Crippen LogP contribution in [0.2, 0.25) is 0 Å². The first-order valence-corrected chi connectivity index (χ1v) is 7.04. The number of anilines is 1. The number of hydrogen-bond donors (Lipinski definition) is 3. The van der Waals surface area contributed by atoms with Gasteiger partial charge < -0.3 is 15.2 Å². The summed E-state index contributed by atoms with van der Waals surface area (Å²) in [6.45, 7) is 1.76. The Morgan fingerprint density at radius 2 is 1.86 bits per heavy atom. The number of phenolic OH excluding ortho intramolecular Hbond substituents is 1. The molecule has 0 radical (unpaired) electrons. The predicted molar refractivity (Wildman–Crippen MR) is 89.1 cm³/mol. The van der Waals surface area contributed by atoms with Crippen molar-refractivity contribution < 1.29 is 14.6 Å². The van der Waals surface area contributed by atoms with Gasteiger partial charge in [0.2, 0.25) is 0 Å². The number of nitrogens with one attached hydrogen (secondary N) is 2. The van der Waals surface area contributed by atoms with Crippen molar-refractivity contribution in [1.29, 1.82) is 0 Å². The van der Waals surface area contributed by atoms with E-state index in [1.54, 1.807) is 24.3 Å². The lowest BCUT2D eigenvalue weighted by atomic mass is 10.2. The maximum absolute atomic E-state index is 11.8. The molecular formula is C16H16N2O3S. The summed E-state index contributed by atoms with van der Waals surface area (Å²) < 4.78 is 5.42. The number of para-hydroxylation sites is 3. The Hall–Kier alpha value is -2.60. The molecule has 3 N–H and O–H groups in total. The van der Waals surface area contributed by atoms with E-state index < -0.39 is 0 Å². The second-order valence-electron chi connectivity index (χ2n) is 4.57. The average molecular weight is 316 g/mol. The molecule has 0 fully saturated rings. The molecule has 2 rings (SSSR count). The minimum absolute atomic E-state index is 0.0512. The van der Waals surface area contributed by atoms with E-state index in [1.807, 2.05) is 25.1 Å². The Kier molecular flexibility index (Phi) is 5.32. The van der Waals surface area contributed by atoms with Gasteiger partial charge in [-0.05, 0) is 42.9 Å². The summed E-state index contributed by atoms with van der Waals surface area (Å²) in [6, 6.07) is 14.0. The van der Waals surface area contributed by atoms with E-state index in [4.69, 9.17) is 17.0 Å². The highest BCUT2D eigenvalue weighted by atomic mass is 32.1. The first kappa shape index (κ1) is 15.8. The minimum atomic E-state index is -0.379. The maximum atomic E-state index is 11.8. The van der Waals surface area contributed by atoms with Crippen molar-refractivity contribution in [3.8, 4) is 11.5 Å². The molecule has 2 aromatic rings. The largest absolute Gasteiger partial charge is 0.506 e. The van der Waals surface area contributed by atoms with Crippen LogP contribution in [0, 0.1) is 6.92 Å². The average Bonchev–Trinajstić information content (AvgIpc) is 2.49. The second-order valence-corrected chi connectivity index (χ2v) is 4.98. The molecule has 0 spiro atoms. The number of aryl methyl sites for hydroxylation is 1. The van der Waals surface area contributed by atoms with Crippen LogP contribution in [0.1, 0.15) is 5.56 Å². The molecule has 0 saturated heterocycles. The molecule has 0 saturated carbocycles. The maximum Gasteiger partial charge on any atom is 0.264 e. The highest BCUT2D eigenvalue weighted by molar-refractivity contribution is 7.80. The summed E-state index contributed by atoms with van der Waals surface area (Å²) in [5.74, 6) is 0.323. The smallest absolute Gasteiger partial charge is 0.264 e. The number of carbonyl (C=O) groups excluding carboxylic acids is 1. The third-order valence-corrected chi connectivity index (χ3v) is 3.06. The van der Waals surface area contributed by atoms with Gasteiger partial charge in [-0.15, -0.1) is 0 Å². The number of rotatable bonds is 4. The van der Waals surface area contributed by atoms with Crippen molar-refractivity contribution in [2.75, 3.05) is 11.9 Å². The van der Waals surface area contributed by atoms with E-state index in [0.717, 1.165) is 5.56 Å². The fourth-order valence-corrected chi connectivity index (χ4v) is 1.98. The van der Waals surface area contributed by atoms with E-state index in [-0.39, 0.29) is 23.4 Å². The SMILES string of the molecule is Cc1ccccc1OCC(=O)NC(=S)Nc1ccccc1O. The number of aromatic hydroxyl groups is 1. The lowest BCUT2D eigenvalue weighted by molar-refractivity contribution is -0.121. The molecule has 22 heavy (non-hydrogen) atoms. The zero-order valence-corrected chi connectivity index (χ0v) is 12.8. The number of phenols is 1. The highest BCUT2D eigenvalue weighted by Gasteiger charge is 2.08. The van der Waals surface area contributed by atoms with Crippen LogP contribution < -0.4 is 15.4 Å². The van der Waals surface area contributed by atoms with Crippen molar-refractivity contribution >= 4 is 28.9 Å². The van der Waals surface area contributed by atoms with Crippen molar-refractivity contribution in [2.45, 2.75) is 6.92 Å². The summed E-state index contributed by atoms with van der Waals surface area (Å²) in [5, 5.41) is 14.9. The van der Waals surface area contributed by atoms with Gasteiger partial charge in [0.25, 0.3) is 5.91 Å². The topological polar surface area (TPSA) is 70.6 Å². The van der Waals surface area contributed by atoms with Gasteiger partial charge in [0.05, 0.1) is 5.69 Å². The molecule has 0 unspecified atom stereocenters. The Morgan fingerprint density at radius 1 is 1.18 bits per heavy atom. The molecular weight excluding hydrogens is 300 g/mol. The van der Waals surface area contributed by atoms with Crippen molar-refractivity contribution in [3.05, 3.63) is 54.1 Å². The Balaban J connectivity index is 1.83. The lowest BCUT2D eigenvalue weighted by Gasteiger charge is -2.12. The molecule has 0 aliphatic rings. The van der Waals surface area contributed by atoms with Crippen LogP contribution in [0.25, 0.3) is 0 Å². The third-order valence-electron chi connectivity index (χ3n) is 2.86. The zero-order valence-electron chi connectivity index (χ0n) is 12.0. The fraction of sp³-hybridized carbons (Fsp3) is 0.125. The van der Waals surface area contributed by atoms with Crippen LogP contribution in [-0.2, 0) is 4.79 Å². The number of hydrogen-bond acceptors (Lipinski definition) is 4. The van der Waals surface area contributed by atoms with Gasteiger partial charge in [-0.2, -0.15) is 0 Å². The van der Waals surface area contributed by atoms with Gasteiger partial charge in [0.1, 0.15) is 11.5 Å². The quantitative estimate of drug-likeness (QED) is 0.597. The fourth-order valence-electron chi connectivity index (χ4n) is 1.76. The molecule has 5 nitrogen and oxygen atoms in total. The van der Waals surface area contributed by atoms with E-state index in [2.05, 4.69) is 10.6 Å². The zero-order chi connectivity index (χ0) is 15.9. The van der Waals surface area contributed by atoms with Crippen molar-refractivity contribution in [1.82, 2.24) is 5.32 Å². The predicted octanol–water partition coefficient (Wildman–Crippen LogP) is 2.59. The Labute approximate surface area is 133 Å². The molecule has 114 valence electrons. The monoisotopic (exact) mass is 316 g/mol. The van der Waals surface area contributed by atoms with E-state index in [0.29, 0.717) is 11.4 Å². The number of thiocarbonyl (C=S) groups is 1. The van der Waals surface area contributed by atoms with Crippen LogP contribution in [0.4, 0.5) is 5.69 Å².